The highest BCUT2D eigenvalue weighted by Crippen LogP contribution is 2.25. The summed E-state index contributed by atoms with van der Waals surface area (Å²) in [4.78, 5) is 11.2. The van der Waals surface area contributed by atoms with Crippen molar-refractivity contribution in [3.63, 3.8) is 0 Å². The van der Waals surface area contributed by atoms with E-state index in [-0.39, 0.29) is 0 Å². The Bertz CT molecular complexity index is 532. The van der Waals surface area contributed by atoms with Crippen LogP contribution in [0.5, 0.6) is 0 Å². The molecule has 1 atom stereocenters. The summed E-state index contributed by atoms with van der Waals surface area (Å²) >= 11 is 0. The molecule has 0 aliphatic heterocycles. The quantitative estimate of drug-likeness (QED) is 0.879. The number of aliphatic carboxylic acids is 1. The number of carboxylic acids is 1. The van der Waals surface area contributed by atoms with Crippen LogP contribution in [0.15, 0.2) is 54.6 Å². The van der Waals surface area contributed by atoms with Crippen LogP contribution in [0.2, 0.25) is 0 Å². The van der Waals surface area contributed by atoms with Gasteiger partial charge in [-0.1, -0.05) is 61.5 Å². The molecule has 2 rings (SSSR count). The summed E-state index contributed by atoms with van der Waals surface area (Å²) in [6, 6.07) is 17.8. The van der Waals surface area contributed by atoms with Crippen molar-refractivity contribution in [3.8, 4) is 11.1 Å². The van der Waals surface area contributed by atoms with Gasteiger partial charge in [0.25, 0.3) is 0 Å². The summed E-state index contributed by atoms with van der Waals surface area (Å²) in [6.45, 7) is 1.90. The van der Waals surface area contributed by atoms with Gasteiger partial charge < -0.3 is 5.11 Å². The van der Waals surface area contributed by atoms with Crippen LogP contribution >= 0.6 is 0 Å². The van der Waals surface area contributed by atoms with Gasteiger partial charge >= 0.3 is 5.97 Å². The molecule has 0 aromatic heterocycles. The standard InChI is InChI=1S/C16H16O2/c1-2-15(16(17)18)14-10-6-9-13(11-14)12-7-4-3-5-8-12/h3-11,15H,2H2,1H3,(H,17,18). The number of carboxylic acid groups (broad SMARTS) is 1. The molecule has 2 aromatic carbocycles. The van der Waals surface area contributed by atoms with Crippen molar-refractivity contribution in [3.05, 3.63) is 60.2 Å². The molecule has 2 aromatic rings. The molecule has 1 N–H and O–H groups in total. The second kappa shape index (κ2) is 5.50. The van der Waals surface area contributed by atoms with E-state index in [0.717, 1.165) is 16.7 Å². The van der Waals surface area contributed by atoms with Crippen LogP contribution in [0, 0.1) is 0 Å². The lowest BCUT2D eigenvalue weighted by molar-refractivity contribution is -0.138. The van der Waals surface area contributed by atoms with E-state index in [9.17, 15) is 9.90 Å². The molecule has 0 radical (unpaired) electrons. The summed E-state index contributed by atoms with van der Waals surface area (Å²) in [5.41, 5.74) is 3.04. The lowest BCUT2D eigenvalue weighted by Gasteiger charge is -2.11. The van der Waals surface area contributed by atoms with Gasteiger partial charge in [0.2, 0.25) is 0 Å². The average molecular weight is 240 g/mol. The van der Waals surface area contributed by atoms with Crippen LogP contribution in [0.4, 0.5) is 0 Å². The van der Waals surface area contributed by atoms with Gasteiger partial charge in [0.15, 0.2) is 0 Å². The first-order valence-electron chi connectivity index (χ1n) is 6.10. The summed E-state index contributed by atoms with van der Waals surface area (Å²) in [5.74, 6) is -1.18. The van der Waals surface area contributed by atoms with Gasteiger partial charge in [-0.2, -0.15) is 0 Å². The van der Waals surface area contributed by atoms with Crippen molar-refractivity contribution < 1.29 is 9.90 Å². The fourth-order valence-electron chi connectivity index (χ4n) is 2.12. The summed E-state index contributed by atoms with van der Waals surface area (Å²) in [5, 5.41) is 9.19. The van der Waals surface area contributed by atoms with Crippen LogP contribution < -0.4 is 0 Å². The van der Waals surface area contributed by atoms with Crippen molar-refractivity contribution >= 4 is 5.97 Å². The lowest BCUT2D eigenvalue weighted by atomic mass is 9.93. The fourth-order valence-corrected chi connectivity index (χ4v) is 2.12. The summed E-state index contributed by atoms with van der Waals surface area (Å²) in [7, 11) is 0. The molecular weight excluding hydrogens is 224 g/mol. The van der Waals surface area contributed by atoms with Crippen LogP contribution in [0.25, 0.3) is 11.1 Å². The highest BCUT2D eigenvalue weighted by Gasteiger charge is 2.17. The molecule has 0 aliphatic carbocycles. The average Bonchev–Trinajstić information content (AvgIpc) is 2.40. The van der Waals surface area contributed by atoms with Crippen molar-refractivity contribution in [1.29, 1.82) is 0 Å². The molecule has 0 saturated carbocycles. The number of hydrogen-bond donors (Lipinski definition) is 1. The van der Waals surface area contributed by atoms with Gasteiger partial charge in [0.05, 0.1) is 5.92 Å². The van der Waals surface area contributed by atoms with E-state index in [1.165, 1.54) is 0 Å². The molecule has 18 heavy (non-hydrogen) atoms. The summed E-state index contributed by atoms with van der Waals surface area (Å²) in [6.07, 6.45) is 0.605. The molecule has 0 saturated heterocycles. The SMILES string of the molecule is CCC(C(=O)O)c1cccc(-c2ccccc2)c1. The van der Waals surface area contributed by atoms with Crippen LogP contribution in [-0.4, -0.2) is 11.1 Å². The van der Waals surface area contributed by atoms with Crippen molar-refractivity contribution in [1.82, 2.24) is 0 Å². The highest BCUT2D eigenvalue weighted by atomic mass is 16.4. The van der Waals surface area contributed by atoms with E-state index in [2.05, 4.69) is 0 Å². The predicted octanol–water partition coefficient (Wildman–Crippen LogP) is 3.93. The van der Waals surface area contributed by atoms with Gasteiger partial charge in [0.1, 0.15) is 0 Å². The molecule has 0 spiro atoms. The normalized spacial score (nSPS) is 12.1. The maximum Gasteiger partial charge on any atom is 0.310 e. The third-order valence-corrected chi connectivity index (χ3v) is 3.10. The Balaban J connectivity index is 2.39. The molecule has 0 bridgehead atoms. The smallest absolute Gasteiger partial charge is 0.310 e. The fraction of sp³-hybridized carbons (Fsp3) is 0.188. The number of rotatable bonds is 4. The molecule has 2 nitrogen and oxygen atoms in total. The number of benzene rings is 2. The maximum absolute atomic E-state index is 11.2. The molecule has 0 fully saturated rings. The van der Waals surface area contributed by atoms with Gasteiger partial charge in [-0.25, -0.2) is 0 Å². The van der Waals surface area contributed by atoms with Gasteiger partial charge in [-0.05, 0) is 23.1 Å². The maximum atomic E-state index is 11.2. The van der Waals surface area contributed by atoms with Crippen molar-refractivity contribution in [2.75, 3.05) is 0 Å². The third-order valence-electron chi connectivity index (χ3n) is 3.10. The Hall–Kier alpha value is -2.09. The Labute approximate surface area is 107 Å². The molecule has 0 heterocycles. The number of hydrogen-bond acceptors (Lipinski definition) is 1. The van der Waals surface area contributed by atoms with Crippen LogP contribution in [-0.2, 0) is 4.79 Å². The lowest BCUT2D eigenvalue weighted by Crippen LogP contribution is -2.10. The van der Waals surface area contributed by atoms with Crippen molar-refractivity contribution in [2.24, 2.45) is 0 Å². The van der Waals surface area contributed by atoms with E-state index in [1.807, 2.05) is 61.5 Å². The van der Waals surface area contributed by atoms with E-state index < -0.39 is 11.9 Å². The highest BCUT2D eigenvalue weighted by molar-refractivity contribution is 5.77. The topological polar surface area (TPSA) is 37.3 Å². The molecule has 0 aliphatic rings. The van der Waals surface area contributed by atoms with E-state index >= 15 is 0 Å². The molecule has 1 unspecified atom stereocenters. The second-order valence-corrected chi connectivity index (χ2v) is 4.29. The Kier molecular flexibility index (Phi) is 3.78. The monoisotopic (exact) mass is 240 g/mol. The first-order valence-corrected chi connectivity index (χ1v) is 6.10. The van der Waals surface area contributed by atoms with Crippen molar-refractivity contribution in [2.45, 2.75) is 19.3 Å². The second-order valence-electron chi connectivity index (χ2n) is 4.29. The van der Waals surface area contributed by atoms with E-state index in [0.29, 0.717) is 6.42 Å². The summed E-state index contributed by atoms with van der Waals surface area (Å²) < 4.78 is 0. The number of carbonyl (C=O) groups is 1. The zero-order chi connectivity index (χ0) is 13.0. The van der Waals surface area contributed by atoms with Gasteiger partial charge in [-0.15, -0.1) is 0 Å². The first-order chi connectivity index (χ1) is 8.72. The largest absolute Gasteiger partial charge is 0.481 e. The van der Waals surface area contributed by atoms with E-state index in [4.69, 9.17) is 0 Å². The molecular formula is C16H16O2. The van der Waals surface area contributed by atoms with Gasteiger partial charge in [-0.3, -0.25) is 4.79 Å². The zero-order valence-electron chi connectivity index (χ0n) is 10.3. The van der Waals surface area contributed by atoms with E-state index in [1.54, 1.807) is 0 Å². The minimum atomic E-state index is -0.761. The third kappa shape index (κ3) is 2.59. The predicted molar refractivity (Wildman–Crippen MR) is 72.5 cm³/mol. The molecule has 92 valence electrons. The Morgan fingerprint density at radius 1 is 1.06 bits per heavy atom. The minimum absolute atomic E-state index is 0.423. The van der Waals surface area contributed by atoms with Crippen LogP contribution in [0.1, 0.15) is 24.8 Å². The Morgan fingerprint density at radius 2 is 1.72 bits per heavy atom. The minimum Gasteiger partial charge on any atom is -0.481 e. The van der Waals surface area contributed by atoms with Crippen LogP contribution in [0.3, 0.4) is 0 Å². The molecule has 0 amide bonds. The first kappa shape index (κ1) is 12.4. The Morgan fingerprint density at radius 3 is 2.33 bits per heavy atom. The van der Waals surface area contributed by atoms with Gasteiger partial charge in [0, 0.05) is 0 Å². The zero-order valence-corrected chi connectivity index (χ0v) is 10.3. The molecule has 2 heteroatoms.